The Morgan fingerprint density at radius 3 is 2.29 bits per heavy atom. The van der Waals surface area contributed by atoms with Crippen molar-refractivity contribution in [2.45, 2.75) is 97.0 Å². The maximum atomic E-state index is 6.96. The van der Waals surface area contributed by atoms with Crippen molar-refractivity contribution < 1.29 is 13.6 Å². The number of anilines is 1. The summed E-state index contributed by atoms with van der Waals surface area (Å²) in [5.41, 5.74) is 11.8. The van der Waals surface area contributed by atoms with Gasteiger partial charge in [-0.1, -0.05) is 73.3 Å². The minimum atomic E-state index is -2.03. The zero-order chi connectivity index (χ0) is 30.7. The molecule has 0 amide bonds. The number of hydrogen-bond acceptors (Lipinski definition) is 7. The first-order valence-corrected chi connectivity index (χ1v) is 21.1. The number of ether oxygens (including phenoxy) is 1. The Labute approximate surface area is 253 Å². The van der Waals surface area contributed by atoms with Crippen molar-refractivity contribution in [1.29, 1.82) is 0 Å². The average Bonchev–Trinajstić information content (AvgIpc) is 3.52. The molecule has 0 unspecified atom stereocenters. The Balaban J connectivity index is 1.78. The molecular weight excluding hydrogens is 559 g/mol. The van der Waals surface area contributed by atoms with Crippen LogP contribution in [0.3, 0.4) is 0 Å². The Kier molecular flexibility index (Phi) is 10.1. The topological polar surface area (TPSA) is 101 Å². The van der Waals surface area contributed by atoms with E-state index in [4.69, 9.17) is 24.3 Å². The molecule has 4 rings (SSSR count). The largest absolute Gasteiger partial charge is 0.464 e. The smallest absolute Gasteiger partial charge is 0.220 e. The molecule has 1 aromatic carbocycles. The van der Waals surface area contributed by atoms with E-state index in [9.17, 15) is 0 Å². The number of nitrogen functional groups attached to an aromatic ring is 1. The maximum absolute atomic E-state index is 6.96. The van der Waals surface area contributed by atoms with E-state index in [0.29, 0.717) is 48.7 Å². The summed E-state index contributed by atoms with van der Waals surface area (Å²) in [6, 6.07) is 11.1. The lowest BCUT2D eigenvalue weighted by molar-refractivity contribution is 0.0856. The van der Waals surface area contributed by atoms with Crippen LogP contribution in [0.5, 0.6) is 0 Å². The second kappa shape index (κ2) is 13.2. The summed E-state index contributed by atoms with van der Waals surface area (Å²) in [6.07, 6.45) is 4.06. The molecule has 0 saturated carbocycles. The molecule has 8 nitrogen and oxygen atoms in total. The highest BCUT2D eigenvalue weighted by Gasteiger charge is 2.45. The first-order chi connectivity index (χ1) is 19.8. The first kappa shape index (κ1) is 32.1. The van der Waals surface area contributed by atoms with Gasteiger partial charge in [0.25, 0.3) is 0 Å². The van der Waals surface area contributed by atoms with Crippen molar-refractivity contribution in [2.24, 2.45) is 0 Å². The number of fused-ring (bicyclic) bond motifs is 1. The van der Waals surface area contributed by atoms with E-state index in [1.807, 2.05) is 18.2 Å². The van der Waals surface area contributed by atoms with Crippen molar-refractivity contribution in [3.63, 3.8) is 0 Å². The summed E-state index contributed by atoms with van der Waals surface area (Å²) in [5.74, 6) is 1.13. The molecule has 10 heteroatoms. The molecule has 228 valence electrons. The molecule has 4 aromatic rings. The number of aromatic nitrogens is 4. The van der Waals surface area contributed by atoms with Crippen LogP contribution in [0.1, 0.15) is 47.4 Å². The number of nitrogens with two attached hydrogens (primary N) is 1. The Bertz CT molecular complexity index is 1450. The SMILES string of the molecule is CC(C)[Si](OCCc1nc(-c2ccc3ccoc3c2)c(-c2ccnc(N)n2)n1COCC[Si](C)(C)C)(C(C)C)C(C)C. The van der Waals surface area contributed by atoms with Gasteiger partial charge >= 0.3 is 0 Å². The summed E-state index contributed by atoms with van der Waals surface area (Å²) in [6.45, 7) is 22.7. The quantitative estimate of drug-likeness (QED) is 0.113. The minimum Gasteiger partial charge on any atom is -0.464 e. The molecule has 3 heterocycles. The molecule has 0 fully saturated rings. The molecule has 2 N–H and O–H groups in total. The van der Waals surface area contributed by atoms with Gasteiger partial charge in [-0.3, -0.25) is 0 Å². The number of imidazole rings is 1. The van der Waals surface area contributed by atoms with Gasteiger partial charge in [0.05, 0.1) is 23.3 Å². The molecule has 0 aliphatic carbocycles. The normalized spacial score (nSPS) is 12.9. The minimum absolute atomic E-state index is 0.221. The summed E-state index contributed by atoms with van der Waals surface area (Å²) in [7, 11) is -3.28. The highest BCUT2D eigenvalue weighted by molar-refractivity contribution is 6.77. The monoisotopic (exact) mass is 607 g/mol. The van der Waals surface area contributed by atoms with Crippen LogP contribution in [0.2, 0.25) is 42.3 Å². The van der Waals surface area contributed by atoms with Gasteiger partial charge in [-0.2, -0.15) is 0 Å². The zero-order valence-corrected chi connectivity index (χ0v) is 28.9. The predicted molar refractivity (Wildman–Crippen MR) is 178 cm³/mol. The Hall–Kier alpha value is -2.80. The van der Waals surface area contributed by atoms with Crippen LogP contribution in [0.15, 0.2) is 47.2 Å². The summed E-state index contributed by atoms with van der Waals surface area (Å²) >= 11 is 0. The van der Waals surface area contributed by atoms with Crippen LogP contribution in [-0.4, -0.2) is 49.1 Å². The zero-order valence-electron chi connectivity index (χ0n) is 26.9. The highest BCUT2D eigenvalue weighted by Crippen LogP contribution is 2.42. The molecule has 0 spiro atoms. The van der Waals surface area contributed by atoms with E-state index in [-0.39, 0.29) is 5.95 Å². The van der Waals surface area contributed by atoms with Crippen molar-refractivity contribution >= 4 is 33.3 Å². The standard InChI is InChI=1S/C32H49N5O3Si2/c1-22(2)42(23(3)4,24(5)6)40-17-14-29-36-30(26-11-10-25-13-16-39-28(25)20-26)31(27-12-15-34-32(33)35-27)37(29)21-38-18-19-41(7,8)9/h10-13,15-16,20,22-24H,14,17-19,21H2,1-9H3,(H2,33,34,35). The van der Waals surface area contributed by atoms with Crippen molar-refractivity contribution in [1.82, 2.24) is 19.5 Å². The number of hydrogen-bond donors (Lipinski definition) is 1. The lowest BCUT2D eigenvalue weighted by Gasteiger charge is -2.42. The second-order valence-corrected chi connectivity index (χ2v) is 24.5. The van der Waals surface area contributed by atoms with Crippen LogP contribution in [0, 0.1) is 0 Å². The van der Waals surface area contributed by atoms with Crippen LogP contribution < -0.4 is 5.73 Å². The van der Waals surface area contributed by atoms with Gasteiger partial charge in [0, 0.05) is 44.9 Å². The van der Waals surface area contributed by atoms with Crippen molar-refractivity contribution in [3.05, 3.63) is 48.6 Å². The molecule has 0 atom stereocenters. The van der Waals surface area contributed by atoms with Gasteiger partial charge in [0.2, 0.25) is 5.95 Å². The van der Waals surface area contributed by atoms with Crippen LogP contribution >= 0.6 is 0 Å². The molecular formula is C32H49N5O3Si2. The van der Waals surface area contributed by atoms with E-state index in [1.54, 1.807) is 12.5 Å². The van der Waals surface area contributed by atoms with Gasteiger partial charge in [0.1, 0.15) is 18.1 Å². The Morgan fingerprint density at radius 2 is 1.64 bits per heavy atom. The molecule has 0 aliphatic rings. The number of rotatable bonds is 14. The average molecular weight is 608 g/mol. The molecule has 3 aromatic heterocycles. The Morgan fingerprint density at radius 1 is 0.929 bits per heavy atom. The predicted octanol–water partition coefficient (Wildman–Crippen LogP) is 8.38. The van der Waals surface area contributed by atoms with Gasteiger partial charge in [0.15, 0.2) is 8.32 Å². The number of benzene rings is 1. The fourth-order valence-electron chi connectivity index (χ4n) is 6.25. The molecule has 42 heavy (non-hydrogen) atoms. The summed E-state index contributed by atoms with van der Waals surface area (Å²) in [4.78, 5) is 14.0. The molecule has 0 bridgehead atoms. The third-order valence-corrected chi connectivity index (χ3v) is 16.1. The van der Waals surface area contributed by atoms with E-state index in [0.717, 1.165) is 39.8 Å². The number of nitrogens with zero attached hydrogens (tertiary/aromatic N) is 4. The van der Waals surface area contributed by atoms with Gasteiger partial charge in [-0.15, -0.1) is 0 Å². The van der Waals surface area contributed by atoms with Crippen LogP contribution in [0.25, 0.3) is 33.6 Å². The third-order valence-electron chi connectivity index (χ3n) is 8.29. The van der Waals surface area contributed by atoms with Gasteiger partial charge in [-0.25, -0.2) is 15.0 Å². The third kappa shape index (κ3) is 7.04. The lowest BCUT2D eigenvalue weighted by Crippen LogP contribution is -2.48. The molecule has 0 radical (unpaired) electrons. The van der Waals surface area contributed by atoms with Crippen LogP contribution in [-0.2, 0) is 22.3 Å². The van der Waals surface area contributed by atoms with E-state index < -0.39 is 16.4 Å². The molecule has 0 saturated heterocycles. The van der Waals surface area contributed by atoms with E-state index >= 15 is 0 Å². The lowest BCUT2D eigenvalue weighted by atomic mass is 10.1. The summed E-state index contributed by atoms with van der Waals surface area (Å²) < 4.78 is 21.2. The fraction of sp³-hybridized carbons (Fsp3) is 0.531. The fourth-order valence-corrected chi connectivity index (χ4v) is 12.5. The van der Waals surface area contributed by atoms with Gasteiger partial charge in [-0.05, 0) is 40.9 Å². The summed E-state index contributed by atoms with van der Waals surface area (Å²) in [5, 5.41) is 1.05. The highest BCUT2D eigenvalue weighted by atomic mass is 28.4. The molecule has 0 aliphatic heterocycles. The van der Waals surface area contributed by atoms with E-state index in [2.05, 4.69) is 87.9 Å². The second-order valence-electron chi connectivity index (χ2n) is 13.4. The van der Waals surface area contributed by atoms with Crippen molar-refractivity contribution in [3.8, 4) is 22.6 Å². The van der Waals surface area contributed by atoms with Crippen molar-refractivity contribution in [2.75, 3.05) is 18.9 Å². The first-order valence-electron chi connectivity index (χ1n) is 15.2. The van der Waals surface area contributed by atoms with Crippen LogP contribution in [0.4, 0.5) is 5.95 Å². The van der Waals surface area contributed by atoms with Gasteiger partial charge < -0.3 is 23.9 Å². The maximum Gasteiger partial charge on any atom is 0.220 e. The number of furan rings is 1. The van der Waals surface area contributed by atoms with E-state index in [1.165, 1.54) is 0 Å².